The van der Waals surface area contributed by atoms with Gasteiger partial charge in [-0.1, -0.05) is 35.9 Å². The average molecular weight is 499 g/mol. The molecule has 3 aromatic carbocycles. The minimum absolute atomic E-state index is 0.177. The van der Waals surface area contributed by atoms with Gasteiger partial charge in [-0.15, -0.1) is 0 Å². The van der Waals surface area contributed by atoms with Crippen molar-refractivity contribution >= 4 is 45.3 Å². The van der Waals surface area contributed by atoms with Crippen molar-refractivity contribution in [3.05, 3.63) is 100 Å². The molecule has 1 saturated carbocycles. The highest BCUT2D eigenvalue weighted by Crippen LogP contribution is 2.46. The van der Waals surface area contributed by atoms with Gasteiger partial charge in [-0.05, 0) is 60.4 Å². The molecule has 2 heterocycles. The Kier molecular flexibility index (Phi) is 5.12. The van der Waals surface area contributed by atoms with Gasteiger partial charge in [-0.3, -0.25) is 9.48 Å². The predicted octanol–water partition coefficient (Wildman–Crippen LogP) is 5.35. The largest absolute Gasteiger partial charge is 0.478 e. The first-order valence-corrected chi connectivity index (χ1v) is 12.1. The maximum atomic E-state index is 13.8. The van der Waals surface area contributed by atoms with Crippen molar-refractivity contribution in [1.82, 2.24) is 19.7 Å². The fourth-order valence-corrected chi connectivity index (χ4v) is 5.06. The van der Waals surface area contributed by atoms with Crippen LogP contribution in [0, 0.1) is 0 Å². The number of carbonyl (C=O) groups is 2. The van der Waals surface area contributed by atoms with Gasteiger partial charge in [0.2, 0.25) is 0 Å². The van der Waals surface area contributed by atoms with Crippen molar-refractivity contribution < 1.29 is 14.7 Å². The Bertz CT molecular complexity index is 1640. The fraction of sp³-hybridized carbons (Fsp3) is 0.179. The second-order valence-electron chi connectivity index (χ2n) is 9.41. The standard InChI is InChI=1S/C28H23ClN4O3/c1-32-16-23-21-10-13-33(15-17-2-8-20(29)9-3-17)25(21)22(14-24(23)31-32)26(34)30-28(11-12-28)19-6-4-18(5-7-19)27(35)36/h2-10,13-14,16H,11-12,15H2,1H3,(H,30,34)(H,35,36). The van der Waals surface area contributed by atoms with E-state index in [0.29, 0.717) is 17.1 Å². The molecule has 0 atom stereocenters. The third kappa shape index (κ3) is 3.82. The third-order valence-electron chi connectivity index (χ3n) is 6.95. The highest BCUT2D eigenvalue weighted by atomic mass is 35.5. The summed E-state index contributed by atoms with van der Waals surface area (Å²) in [5.41, 5.74) is 3.88. The Morgan fingerprint density at radius 1 is 1.06 bits per heavy atom. The van der Waals surface area contributed by atoms with E-state index in [1.807, 2.05) is 55.8 Å². The van der Waals surface area contributed by atoms with Crippen LogP contribution < -0.4 is 5.32 Å². The SMILES string of the molecule is Cn1cc2c(cc(C(=O)NC3(c4ccc(C(=O)O)cc4)CC3)c3c2ccn3Cc2ccc(Cl)cc2)n1. The van der Waals surface area contributed by atoms with Crippen LogP contribution in [0.15, 0.2) is 73.1 Å². The number of aromatic carboxylic acids is 1. The second-order valence-corrected chi connectivity index (χ2v) is 9.85. The number of halogens is 1. The van der Waals surface area contributed by atoms with Crippen LogP contribution >= 0.6 is 11.6 Å². The molecular weight excluding hydrogens is 476 g/mol. The second kappa shape index (κ2) is 8.24. The number of benzene rings is 3. The summed E-state index contributed by atoms with van der Waals surface area (Å²) in [4.78, 5) is 25.0. The van der Waals surface area contributed by atoms with E-state index in [1.165, 1.54) is 0 Å². The Labute approximate surface area is 211 Å². The van der Waals surface area contributed by atoms with Crippen LogP contribution in [-0.2, 0) is 19.1 Å². The number of aryl methyl sites for hydroxylation is 1. The molecule has 2 aromatic heterocycles. The zero-order chi connectivity index (χ0) is 25.0. The number of fused-ring (bicyclic) bond motifs is 3. The van der Waals surface area contributed by atoms with E-state index in [-0.39, 0.29) is 11.5 Å². The fourth-order valence-electron chi connectivity index (χ4n) is 4.93. The summed E-state index contributed by atoms with van der Waals surface area (Å²) in [6.45, 7) is 0.592. The summed E-state index contributed by atoms with van der Waals surface area (Å²) in [5, 5.41) is 19.7. The normalized spacial score (nSPS) is 14.3. The molecule has 6 rings (SSSR count). The number of carboxylic acid groups (broad SMARTS) is 1. The number of carboxylic acids is 1. The molecule has 0 spiro atoms. The molecule has 8 heteroatoms. The molecule has 1 aliphatic carbocycles. The Morgan fingerprint density at radius 2 is 1.78 bits per heavy atom. The van der Waals surface area contributed by atoms with Gasteiger partial charge in [0.25, 0.3) is 5.91 Å². The summed E-state index contributed by atoms with van der Waals surface area (Å²) in [5.74, 6) is -1.15. The van der Waals surface area contributed by atoms with Crippen molar-refractivity contribution in [1.29, 1.82) is 0 Å². The highest BCUT2D eigenvalue weighted by molar-refractivity contribution is 6.30. The Hall–Kier alpha value is -4.10. The van der Waals surface area contributed by atoms with Crippen LogP contribution in [0.25, 0.3) is 21.8 Å². The summed E-state index contributed by atoms with van der Waals surface area (Å²) in [7, 11) is 1.87. The van der Waals surface area contributed by atoms with Crippen molar-refractivity contribution in [3.63, 3.8) is 0 Å². The molecule has 36 heavy (non-hydrogen) atoms. The lowest BCUT2D eigenvalue weighted by molar-refractivity contribution is 0.0696. The maximum Gasteiger partial charge on any atom is 0.335 e. The molecule has 0 aliphatic heterocycles. The Morgan fingerprint density at radius 3 is 2.44 bits per heavy atom. The molecule has 0 bridgehead atoms. The molecule has 0 unspecified atom stereocenters. The Balaban J connectivity index is 1.41. The van der Waals surface area contributed by atoms with Crippen molar-refractivity contribution in [3.8, 4) is 0 Å². The molecule has 5 aromatic rings. The quantitative estimate of drug-likeness (QED) is 0.330. The zero-order valence-electron chi connectivity index (χ0n) is 19.5. The number of rotatable bonds is 6. The van der Waals surface area contributed by atoms with Crippen LogP contribution in [0.1, 0.15) is 44.7 Å². The van der Waals surface area contributed by atoms with E-state index in [1.54, 1.807) is 28.9 Å². The number of hydrogen-bond donors (Lipinski definition) is 2. The number of carbonyl (C=O) groups excluding carboxylic acids is 1. The van der Waals surface area contributed by atoms with Gasteiger partial charge >= 0.3 is 5.97 Å². The van der Waals surface area contributed by atoms with E-state index < -0.39 is 11.5 Å². The first kappa shape index (κ1) is 22.4. The van der Waals surface area contributed by atoms with Gasteiger partial charge in [0, 0.05) is 41.8 Å². The lowest BCUT2D eigenvalue weighted by Crippen LogP contribution is -2.35. The lowest BCUT2D eigenvalue weighted by Gasteiger charge is -2.19. The summed E-state index contributed by atoms with van der Waals surface area (Å²) in [6.07, 6.45) is 5.57. The summed E-state index contributed by atoms with van der Waals surface area (Å²) < 4.78 is 3.84. The minimum Gasteiger partial charge on any atom is -0.478 e. The first-order chi connectivity index (χ1) is 17.3. The van der Waals surface area contributed by atoms with Gasteiger partial charge in [-0.25, -0.2) is 4.79 Å². The van der Waals surface area contributed by atoms with Gasteiger partial charge in [0.1, 0.15) is 0 Å². The van der Waals surface area contributed by atoms with Crippen molar-refractivity contribution in [2.75, 3.05) is 0 Å². The van der Waals surface area contributed by atoms with Gasteiger partial charge in [0.05, 0.1) is 27.7 Å². The van der Waals surface area contributed by atoms with Gasteiger partial charge in [-0.2, -0.15) is 5.10 Å². The average Bonchev–Trinajstić information content (AvgIpc) is 3.36. The molecule has 180 valence electrons. The third-order valence-corrected chi connectivity index (χ3v) is 7.20. The molecule has 1 fully saturated rings. The molecule has 1 amide bonds. The molecule has 2 N–H and O–H groups in total. The van der Waals surface area contributed by atoms with Gasteiger partial charge in [0.15, 0.2) is 0 Å². The van der Waals surface area contributed by atoms with E-state index >= 15 is 0 Å². The van der Waals surface area contributed by atoms with Gasteiger partial charge < -0.3 is 15.0 Å². The number of nitrogens with zero attached hydrogens (tertiary/aromatic N) is 3. The number of aromatic nitrogens is 3. The predicted molar refractivity (Wildman–Crippen MR) is 139 cm³/mol. The van der Waals surface area contributed by atoms with Crippen molar-refractivity contribution in [2.45, 2.75) is 24.9 Å². The first-order valence-electron chi connectivity index (χ1n) is 11.7. The monoisotopic (exact) mass is 498 g/mol. The smallest absolute Gasteiger partial charge is 0.335 e. The van der Waals surface area contributed by atoms with E-state index in [9.17, 15) is 14.7 Å². The van der Waals surface area contributed by atoms with E-state index in [0.717, 1.165) is 45.8 Å². The van der Waals surface area contributed by atoms with Crippen LogP contribution in [-0.4, -0.2) is 31.3 Å². The number of nitrogens with one attached hydrogen (secondary N) is 1. The van der Waals surface area contributed by atoms with Crippen LogP contribution in [0.3, 0.4) is 0 Å². The van der Waals surface area contributed by atoms with Crippen molar-refractivity contribution in [2.24, 2.45) is 7.05 Å². The molecule has 1 aliphatic rings. The zero-order valence-corrected chi connectivity index (χ0v) is 20.3. The summed E-state index contributed by atoms with van der Waals surface area (Å²) >= 11 is 6.07. The highest BCUT2D eigenvalue weighted by Gasteiger charge is 2.46. The minimum atomic E-state index is -0.970. The topological polar surface area (TPSA) is 89.1 Å². The molecule has 0 radical (unpaired) electrons. The molecular formula is C28H23ClN4O3. The lowest BCUT2D eigenvalue weighted by atomic mass is 10.0. The molecule has 0 saturated heterocycles. The van der Waals surface area contributed by atoms with Crippen LogP contribution in [0.5, 0.6) is 0 Å². The number of amides is 1. The van der Waals surface area contributed by atoms with Crippen LogP contribution in [0.2, 0.25) is 5.02 Å². The van der Waals surface area contributed by atoms with Crippen LogP contribution in [0.4, 0.5) is 0 Å². The maximum absolute atomic E-state index is 13.8. The van der Waals surface area contributed by atoms with E-state index in [4.69, 9.17) is 11.6 Å². The molecule has 7 nitrogen and oxygen atoms in total. The summed E-state index contributed by atoms with van der Waals surface area (Å²) in [6, 6.07) is 18.3. The number of hydrogen-bond acceptors (Lipinski definition) is 3. The van der Waals surface area contributed by atoms with E-state index in [2.05, 4.69) is 15.0 Å².